The van der Waals surface area contributed by atoms with Crippen molar-refractivity contribution in [1.29, 1.82) is 0 Å². The summed E-state index contributed by atoms with van der Waals surface area (Å²) in [5.41, 5.74) is 0. The van der Waals surface area contributed by atoms with Crippen molar-refractivity contribution in [3.63, 3.8) is 0 Å². The van der Waals surface area contributed by atoms with Crippen molar-refractivity contribution in [3.8, 4) is 0 Å². The van der Waals surface area contributed by atoms with Crippen LogP contribution in [0.4, 0.5) is 0 Å². The zero-order valence-corrected chi connectivity index (χ0v) is 64.7. The lowest BCUT2D eigenvalue weighted by Gasteiger charge is -2.26. The lowest BCUT2D eigenvalue weighted by atomic mass is 10.0. The van der Waals surface area contributed by atoms with Gasteiger partial charge in [0.15, 0.2) is 12.4 Å². The molecule has 0 aliphatic carbocycles. The molecule has 0 rings (SSSR count). The van der Waals surface area contributed by atoms with E-state index in [9.17, 15) is 19.5 Å². The number of carbonyl (C=O) groups is 3. The van der Waals surface area contributed by atoms with Crippen molar-refractivity contribution < 1.29 is 42.9 Å². The Kier molecular flexibility index (Phi) is 75.3. The summed E-state index contributed by atoms with van der Waals surface area (Å²) < 4.78 is 22.9. The van der Waals surface area contributed by atoms with Crippen molar-refractivity contribution in [3.05, 3.63) is 85.1 Å². The Morgan fingerprint density at radius 3 is 0.876 bits per heavy atom. The van der Waals surface area contributed by atoms with Crippen LogP contribution in [-0.4, -0.2) is 82.3 Å². The maximum absolute atomic E-state index is 13.0. The summed E-state index contributed by atoms with van der Waals surface area (Å²) in [7, 11) is 5.95. The number of rotatable bonds is 78. The second kappa shape index (κ2) is 78.2. The number of nitrogens with zero attached hydrogens (tertiary/aromatic N) is 1. The Balaban J connectivity index is 3.98. The average Bonchev–Trinajstić information content (AvgIpc) is 3.74. The minimum Gasteiger partial charge on any atom is -0.545 e. The van der Waals surface area contributed by atoms with E-state index in [4.69, 9.17) is 18.9 Å². The van der Waals surface area contributed by atoms with E-state index in [2.05, 4.69) is 98.9 Å². The molecule has 0 bridgehead atoms. The van der Waals surface area contributed by atoms with Crippen molar-refractivity contribution in [1.82, 2.24) is 0 Å². The second-order valence-corrected chi connectivity index (χ2v) is 29.4. The number of esters is 2. The molecule has 0 aromatic heterocycles. The molecule has 0 heterocycles. The molecular weight excluding hydrogens is 1200 g/mol. The van der Waals surface area contributed by atoms with E-state index in [0.717, 1.165) is 83.5 Å². The van der Waals surface area contributed by atoms with Gasteiger partial charge in [-0.15, -0.1) is 0 Å². The van der Waals surface area contributed by atoms with Crippen LogP contribution in [-0.2, 0) is 33.3 Å². The summed E-state index contributed by atoms with van der Waals surface area (Å²) in [5, 5.41) is 11.9. The molecule has 9 nitrogen and oxygen atoms in total. The van der Waals surface area contributed by atoms with Gasteiger partial charge in [-0.25, -0.2) is 0 Å². The highest BCUT2D eigenvalue weighted by atomic mass is 16.7. The summed E-state index contributed by atoms with van der Waals surface area (Å²) >= 11 is 0. The predicted molar refractivity (Wildman–Crippen MR) is 417 cm³/mol. The van der Waals surface area contributed by atoms with Gasteiger partial charge in [0.2, 0.25) is 0 Å². The van der Waals surface area contributed by atoms with Gasteiger partial charge in [-0.1, -0.05) is 401 Å². The van der Waals surface area contributed by atoms with Gasteiger partial charge in [-0.3, -0.25) is 9.59 Å². The highest BCUT2D eigenvalue weighted by molar-refractivity contribution is 5.70. The highest BCUT2D eigenvalue weighted by Gasteiger charge is 2.22. The number of quaternary nitrogens is 1. The van der Waals surface area contributed by atoms with Crippen LogP contribution in [0.3, 0.4) is 0 Å². The fourth-order valence-corrected chi connectivity index (χ4v) is 12.3. The molecule has 9 heteroatoms. The summed E-state index contributed by atoms with van der Waals surface area (Å²) in [4.78, 5) is 37.6. The Morgan fingerprint density at radius 2 is 0.588 bits per heavy atom. The van der Waals surface area contributed by atoms with Crippen molar-refractivity contribution in [2.75, 3.05) is 47.5 Å². The third-order valence-electron chi connectivity index (χ3n) is 18.7. The van der Waals surface area contributed by atoms with E-state index in [1.54, 1.807) is 0 Å². The molecule has 0 N–H and O–H groups in total. The molecule has 0 fully saturated rings. The zero-order valence-electron chi connectivity index (χ0n) is 64.7. The number of likely N-dealkylation sites (N-methyl/N-ethyl adjacent to an activating group) is 1. The van der Waals surface area contributed by atoms with E-state index < -0.39 is 24.3 Å². The van der Waals surface area contributed by atoms with Gasteiger partial charge in [0.05, 0.1) is 40.3 Å². The predicted octanol–water partition coefficient (Wildman–Crippen LogP) is 25.6. The smallest absolute Gasteiger partial charge is 0.306 e. The number of carboxylic acids is 1. The third kappa shape index (κ3) is 79.7. The van der Waals surface area contributed by atoms with Crippen LogP contribution in [0.5, 0.6) is 0 Å². The number of allylic oxidation sites excluding steroid dienone is 14. The SMILES string of the molecule is CC/C=C\C/C=C\C/C=C\C/C=C\C/C=C\C/C=C\C/C=C\CCCCCCCCCCCCCCCC(=O)OC(COC(=O)CCCCCCCCCCCCCCCCCCCCCCCCCCCCCCCCCCCCCCC)COC(OCC[N+](C)(C)C)C(=O)[O-]. The van der Waals surface area contributed by atoms with Crippen molar-refractivity contribution in [2.45, 2.75) is 411 Å². The van der Waals surface area contributed by atoms with Crippen molar-refractivity contribution in [2.24, 2.45) is 0 Å². The van der Waals surface area contributed by atoms with Crippen LogP contribution in [0.1, 0.15) is 399 Å². The topological polar surface area (TPSA) is 111 Å². The number of unbranched alkanes of at least 4 members (excludes halogenated alkanes) is 49. The largest absolute Gasteiger partial charge is 0.545 e. The zero-order chi connectivity index (χ0) is 70.4. The number of hydrogen-bond donors (Lipinski definition) is 0. The van der Waals surface area contributed by atoms with E-state index in [1.807, 2.05) is 21.1 Å². The van der Waals surface area contributed by atoms with Crippen LogP contribution in [0.2, 0.25) is 0 Å². The molecule has 0 amide bonds. The van der Waals surface area contributed by atoms with Crippen LogP contribution in [0.25, 0.3) is 0 Å². The Hall–Kier alpha value is -3.53. The molecule has 0 aromatic rings. The first-order valence-electron chi connectivity index (χ1n) is 41.7. The van der Waals surface area contributed by atoms with Gasteiger partial charge in [-0.05, 0) is 70.6 Å². The number of aliphatic carboxylic acids is 1. The molecule has 0 aliphatic rings. The summed E-state index contributed by atoms with van der Waals surface area (Å²) in [6.45, 7) is 4.69. The monoisotopic (exact) mass is 1360 g/mol. The molecule has 564 valence electrons. The molecule has 0 aliphatic heterocycles. The van der Waals surface area contributed by atoms with E-state index in [-0.39, 0.29) is 32.2 Å². The first-order chi connectivity index (χ1) is 47.6. The molecule has 0 aromatic carbocycles. The van der Waals surface area contributed by atoms with Gasteiger partial charge in [-0.2, -0.15) is 0 Å². The van der Waals surface area contributed by atoms with Gasteiger partial charge in [0.25, 0.3) is 0 Å². The Bertz CT molecular complexity index is 1870. The molecule has 0 saturated carbocycles. The Labute approximate surface area is 601 Å². The second-order valence-electron chi connectivity index (χ2n) is 29.4. The lowest BCUT2D eigenvalue weighted by Crippen LogP contribution is -2.44. The molecular formula is C88H159NO8. The van der Waals surface area contributed by atoms with Crippen molar-refractivity contribution >= 4 is 17.9 Å². The minimum absolute atomic E-state index is 0.147. The molecule has 0 saturated heterocycles. The van der Waals surface area contributed by atoms with Gasteiger partial charge < -0.3 is 33.3 Å². The first kappa shape index (κ1) is 93.5. The van der Waals surface area contributed by atoms with E-state index in [1.165, 1.54) is 283 Å². The number of carboxylic acid groups (broad SMARTS) is 1. The van der Waals surface area contributed by atoms with Crippen LogP contribution in [0, 0.1) is 0 Å². The van der Waals surface area contributed by atoms with Crippen LogP contribution >= 0.6 is 0 Å². The molecule has 97 heavy (non-hydrogen) atoms. The summed E-state index contributed by atoms with van der Waals surface area (Å²) in [5.74, 6) is -2.26. The fourth-order valence-electron chi connectivity index (χ4n) is 12.3. The third-order valence-corrected chi connectivity index (χ3v) is 18.7. The van der Waals surface area contributed by atoms with Gasteiger partial charge in [0, 0.05) is 12.8 Å². The maximum Gasteiger partial charge on any atom is 0.306 e. The average molecular weight is 1360 g/mol. The normalized spacial score (nSPS) is 13.0. The van der Waals surface area contributed by atoms with E-state index in [0.29, 0.717) is 23.9 Å². The van der Waals surface area contributed by atoms with E-state index >= 15 is 0 Å². The Morgan fingerprint density at radius 1 is 0.320 bits per heavy atom. The van der Waals surface area contributed by atoms with Crippen LogP contribution < -0.4 is 5.11 Å². The molecule has 2 atom stereocenters. The molecule has 0 radical (unpaired) electrons. The number of hydrogen-bond acceptors (Lipinski definition) is 8. The minimum atomic E-state index is -1.62. The maximum atomic E-state index is 13.0. The number of carbonyl (C=O) groups excluding carboxylic acids is 3. The van der Waals surface area contributed by atoms with Gasteiger partial charge >= 0.3 is 11.9 Å². The summed E-state index contributed by atoms with van der Waals surface area (Å²) in [6.07, 6.45) is 104. The lowest BCUT2D eigenvalue weighted by molar-refractivity contribution is -0.870. The molecule has 0 spiro atoms. The first-order valence-corrected chi connectivity index (χ1v) is 41.7. The summed E-state index contributed by atoms with van der Waals surface area (Å²) in [6, 6.07) is 0. The standard InChI is InChI=1S/C88H159NO8/c1-6-8-10-12-14-16-18-20-22-24-26-28-30-32-34-36-38-40-42-43-45-46-48-50-52-54-56-58-60-62-64-66-68-70-72-74-76-78-85(90)95-82-84(83-96-88(87(92)93)94-81-80-89(3,4)5)97-86(91)79-77-75-73-71-69-67-65-63-61-59-57-55-53-51-49-47-44-41-39-37-35-33-31-29-27-25-23-21-19-17-15-13-11-9-7-2/h9,11,15,17,21,23,27,29,33,35,39,41,47,49,84,88H,6-8,10,12-14,16,18-20,22,24-26,28,30-32,34,36-38,40,42-46,48,50-83H2,1-5H3/b11-9-,17-15-,23-21-,29-27-,35-33-,41-39-,49-47-. The fraction of sp³-hybridized carbons (Fsp3) is 0.807. The van der Waals surface area contributed by atoms with Gasteiger partial charge in [0.1, 0.15) is 13.2 Å². The molecule has 2 unspecified atom stereocenters. The van der Waals surface area contributed by atoms with Crippen LogP contribution in [0.15, 0.2) is 85.1 Å². The highest BCUT2D eigenvalue weighted by Crippen LogP contribution is 2.20. The quantitative estimate of drug-likeness (QED) is 0.0195. The number of ether oxygens (including phenoxy) is 4.